The van der Waals surface area contributed by atoms with Gasteiger partial charge in [0.15, 0.2) is 23.3 Å². The van der Waals surface area contributed by atoms with E-state index in [0.29, 0.717) is 12.0 Å². The lowest BCUT2D eigenvalue weighted by Crippen LogP contribution is -2.34. The molecule has 0 aliphatic heterocycles. The largest absolute Gasteiger partial charge is 0.495 e. The van der Waals surface area contributed by atoms with Gasteiger partial charge in [-0.05, 0) is 18.1 Å². The van der Waals surface area contributed by atoms with E-state index in [1.807, 2.05) is 0 Å². The molecule has 1 atom stereocenters. The molecule has 0 spiro atoms. The van der Waals surface area contributed by atoms with E-state index in [0.717, 1.165) is 14.2 Å². The van der Waals surface area contributed by atoms with Crippen LogP contribution in [0, 0.1) is 11.8 Å². The number of rotatable bonds is 8. The number of carbonyl (C=O) groups excluding carboxylic acids is 5. The Balaban J connectivity index is 2.03. The molecule has 1 aliphatic carbocycles. The summed E-state index contributed by atoms with van der Waals surface area (Å²) < 4.78 is 14.9. The Morgan fingerprint density at radius 1 is 0.818 bits per heavy atom. The van der Waals surface area contributed by atoms with Gasteiger partial charge < -0.3 is 14.2 Å². The van der Waals surface area contributed by atoms with Crippen molar-refractivity contribution in [1.29, 1.82) is 0 Å². The molecule has 33 heavy (non-hydrogen) atoms. The summed E-state index contributed by atoms with van der Waals surface area (Å²) in [7, 11) is 3.62. The number of esters is 2. The summed E-state index contributed by atoms with van der Waals surface area (Å²) in [5, 5.41) is 0. The third-order valence-electron chi connectivity index (χ3n) is 5.90. The Morgan fingerprint density at radius 3 is 1.91 bits per heavy atom. The summed E-state index contributed by atoms with van der Waals surface area (Å²) in [5.74, 6) is -4.76. The maximum absolute atomic E-state index is 13.3. The summed E-state index contributed by atoms with van der Waals surface area (Å²) in [6, 6.07) is 9.32. The van der Waals surface area contributed by atoms with Crippen molar-refractivity contribution in [2.75, 3.05) is 21.3 Å². The number of Topliss-reactive ketones (excluding diaryl/α,β-unsaturated/α-hetero) is 1. The van der Waals surface area contributed by atoms with Crippen molar-refractivity contribution in [2.45, 2.75) is 19.8 Å². The molecule has 0 heterocycles. The van der Waals surface area contributed by atoms with E-state index in [1.165, 1.54) is 19.2 Å². The molecule has 0 fully saturated rings. The van der Waals surface area contributed by atoms with Crippen molar-refractivity contribution >= 4 is 29.3 Å². The Labute approximate surface area is 190 Å². The van der Waals surface area contributed by atoms with Crippen LogP contribution in [0.3, 0.4) is 0 Å². The lowest BCUT2D eigenvalue weighted by molar-refractivity contribution is -0.161. The Kier molecular flexibility index (Phi) is 7.06. The normalized spacial score (nSPS) is 13.1. The second kappa shape index (κ2) is 9.77. The first-order chi connectivity index (χ1) is 15.8. The number of fused-ring (bicyclic) bond motifs is 2. The zero-order valence-electron chi connectivity index (χ0n) is 18.8. The summed E-state index contributed by atoms with van der Waals surface area (Å²) in [6.07, 6.45) is 0.123. The van der Waals surface area contributed by atoms with Gasteiger partial charge in [-0.2, -0.15) is 0 Å². The van der Waals surface area contributed by atoms with Gasteiger partial charge in [-0.1, -0.05) is 37.6 Å². The van der Waals surface area contributed by atoms with E-state index >= 15 is 0 Å². The maximum Gasteiger partial charge on any atom is 0.320 e. The Bertz CT molecular complexity index is 1130. The number of carbonyl (C=O) groups is 5. The lowest BCUT2D eigenvalue weighted by Gasteiger charge is -2.23. The van der Waals surface area contributed by atoms with Crippen LogP contribution in [0.25, 0.3) is 0 Å². The van der Waals surface area contributed by atoms with E-state index in [2.05, 4.69) is 0 Å². The van der Waals surface area contributed by atoms with Gasteiger partial charge in [0, 0.05) is 23.1 Å². The highest BCUT2D eigenvalue weighted by atomic mass is 16.5. The van der Waals surface area contributed by atoms with Gasteiger partial charge in [0.05, 0.1) is 32.5 Å². The molecule has 3 rings (SSSR count). The molecular weight excluding hydrogens is 428 g/mol. The van der Waals surface area contributed by atoms with Gasteiger partial charge in [0.1, 0.15) is 5.75 Å². The van der Waals surface area contributed by atoms with Gasteiger partial charge in [-0.15, -0.1) is 0 Å². The number of benzene rings is 2. The van der Waals surface area contributed by atoms with Crippen molar-refractivity contribution in [3.05, 3.63) is 64.2 Å². The zero-order valence-corrected chi connectivity index (χ0v) is 18.8. The highest BCUT2D eigenvalue weighted by Crippen LogP contribution is 2.37. The quantitative estimate of drug-likeness (QED) is 0.291. The van der Waals surface area contributed by atoms with Crippen LogP contribution in [0.4, 0.5) is 0 Å². The van der Waals surface area contributed by atoms with Gasteiger partial charge in [0.2, 0.25) is 0 Å². The van der Waals surface area contributed by atoms with Crippen LogP contribution in [-0.4, -0.2) is 50.6 Å². The fourth-order valence-corrected chi connectivity index (χ4v) is 4.17. The van der Waals surface area contributed by atoms with Crippen LogP contribution < -0.4 is 4.74 Å². The summed E-state index contributed by atoms with van der Waals surface area (Å²) in [4.78, 5) is 63.8. The minimum absolute atomic E-state index is 0.00658. The van der Waals surface area contributed by atoms with Crippen LogP contribution >= 0.6 is 0 Å². The summed E-state index contributed by atoms with van der Waals surface area (Å²) in [5.41, 5.74) is 0.796. The number of hydrogen-bond donors (Lipinski definition) is 0. The smallest absolute Gasteiger partial charge is 0.320 e. The van der Waals surface area contributed by atoms with Gasteiger partial charge in [-0.25, -0.2) is 0 Å². The van der Waals surface area contributed by atoms with Crippen LogP contribution in [0.1, 0.15) is 62.0 Å². The first-order valence-electron chi connectivity index (χ1n) is 10.4. The average Bonchev–Trinajstić information content (AvgIpc) is 2.85. The van der Waals surface area contributed by atoms with E-state index in [9.17, 15) is 24.0 Å². The molecule has 2 aromatic carbocycles. The highest BCUT2D eigenvalue weighted by molar-refractivity contribution is 6.30. The molecule has 0 radical (unpaired) electrons. The van der Waals surface area contributed by atoms with Crippen molar-refractivity contribution in [3.8, 4) is 5.75 Å². The number of methoxy groups -OCH3 is 3. The minimum atomic E-state index is -1.27. The van der Waals surface area contributed by atoms with Gasteiger partial charge in [-0.3, -0.25) is 24.0 Å². The third-order valence-corrected chi connectivity index (χ3v) is 5.90. The Hall–Kier alpha value is -3.81. The monoisotopic (exact) mass is 452 g/mol. The van der Waals surface area contributed by atoms with E-state index in [-0.39, 0.29) is 40.2 Å². The standard InChI is InChI=1S/C25H24O8/c1-5-13(19(24(29)32-3)25(30)33-4)12-18(26)16-10-11-17-20(23(16)31-2)22(28)15-9-7-6-8-14(15)21(17)27/h6-11,13,19H,5,12H2,1-4H3/t13-/m1/s1. The second-order valence-electron chi connectivity index (χ2n) is 7.59. The van der Waals surface area contributed by atoms with Gasteiger partial charge in [0.25, 0.3) is 0 Å². The third kappa shape index (κ3) is 4.16. The molecule has 0 aromatic heterocycles. The molecule has 0 unspecified atom stereocenters. The predicted octanol–water partition coefficient (Wildman–Crippen LogP) is 3.03. The van der Waals surface area contributed by atoms with E-state index in [4.69, 9.17) is 14.2 Å². The number of ether oxygens (including phenoxy) is 3. The predicted molar refractivity (Wildman–Crippen MR) is 117 cm³/mol. The fourth-order valence-electron chi connectivity index (χ4n) is 4.17. The molecule has 172 valence electrons. The first kappa shape index (κ1) is 23.8. The molecule has 2 aromatic rings. The maximum atomic E-state index is 13.3. The molecule has 1 aliphatic rings. The molecule has 0 bridgehead atoms. The van der Waals surface area contributed by atoms with Crippen LogP contribution in [0.2, 0.25) is 0 Å². The van der Waals surface area contributed by atoms with Crippen LogP contribution in [0.15, 0.2) is 36.4 Å². The molecule has 8 heteroatoms. The molecule has 0 saturated carbocycles. The topological polar surface area (TPSA) is 113 Å². The van der Waals surface area contributed by atoms with Crippen LogP contribution in [0.5, 0.6) is 5.75 Å². The van der Waals surface area contributed by atoms with Gasteiger partial charge >= 0.3 is 11.9 Å². The zero-order chi connectivity index (χ0) is 24.3. The van der Waals surface area contributed by atoms with E-state index < -0.39 is 35.3 Å². The minimum Gasteiger partial charge on any atom is -0.495 e. The molecule has 8 nitrogen and oxygen atoms in total. The van der Waals surface area contributed by atoms with Crippen molar-refractivity contribution < 1.29 is 38.2 Å². The SMILES string of the molecule is CC[C@H](CC(=O)c1ccc2c(c1OC)C(=O)c1ccccc1C2=O)C(C(=O)OC)C(=O)OC. The highest BCUT2D eigenvalue weighted by Gasteiger charge is 2.39. The van der Waals surface area contributed by atoms with Crippen LogP contribution in [-0.2, 0) is 19.1 Å². The van der Waals surface area contributed by atoms with Crippen molar-refractivity contribution in [3.63, 3.8) is 0 Å². The number of ketones is 3. The first-order valence-corrected chi connectivity index (χ1v) is 10.4. The lowest BCUT2D eigenvalue weighted by atomic mass is 9.80. The second-order valence-corrected chi connectivity index (χ2v) is 7.59. The van der Waals surface area contributed by atoms with Crippen molar-refractivity contribution in [1.82, 2.24) is 0 Å². The summed E-state index contributed by atoms with van der Waals surface area (Å²) >= 11 is 0. The fraction of sp³-hybridized carbons (Fsp3) is 0.320. The number of hydrogen-bond acceptors (Lipinski definition) is 8. The Morgan fingerprint density at radius 2 is 1.39 bits per heavy atom. The molecule has 0 saturated heterocycles. The molecular formula is C25H24O8. The average molecular weight is 452 g/mol. The molecule has 0 N–H and O–H groups in total. The van der Waals surface area contributed by atoms with E-state index in [1.54, 1.807) is 31.2 Å². The molecule has 0 amide bonds. The summed E-state index contributed by atoms with van der Waals surface area (Å²) in [6.45, 7) is 1.74. The van der Waals surface area contributed by atoms with Crippen molar-refractivity contribution in [2.24, 2.45) is 11.8 Å².